The fourth-order valence-electron chi connectivity index (χ4n) is 2.67. The summed E-state index contributed by atoms with van der Waals surface area (Å²) in [5.41, 5.74) is 5.46. The van der Waals surface area contributed by atoms with Crippen molar-refractivity contribution in [1.29, 1.82) is 0 Å². The van der Waals surface area contributed by atoms with Crippen LogP contribution < -0.4 is 11.1 Å². The summed E-state index contributed by atoms with van der Waals surface area (Å²) in [4.78, 5) is 0. The molecule has 0 aliphatic rings. The normalized spacial score (nSPS) is 11.5. The van der Waals surface area contributed by atoms with Crippen molar-refractivity contribution in [3.8, 4) is 0 Å². The van der Waals surface area contributed by atoms with Crippen LogP contribution in [0.15, 0.2) is 12.2 Å². The Kier molecular flexibility index (Phi) is 20.3. The molecule has 0 heterocycles. The Balaban J connectivity index is 3.00. The summed E-state index contributed by atoms with van der Waals surface area (Å²) in [6, 6.07) is 0. The van der Waals surface area contributed by atoms with Crippen LogP contribution in [0, 0.1) is 0 Å². The topological polar surface area (TPSA) is 38.0 Å². The molecule has 0 fully saturated rings. The number of unbranched alkanes of at least 4 members (excludes halogenated alkanes) is 11. The molecule has 0 saturated heterocycles. The van der Waals surface area contributed by atoms with Gasteiger partial charge in [0.1, 0.15) is 0 Å². The molecule has 0 atom stereocenters. The number of allylic oxidation sites excluding steroid dienone is 2. The van der Waals surface area contributed by atoms with E-state index >= 15 is 0 Å². The van der Waals surface area contributed by atoms with Gasteiger partial charge in [-0.05, 0) is 58.2 Å². The maximum Gasteiger partial charge on any atom is -0.00369 e. The molecule has 2 heteroatoms. The molecule has 22 heavy (non-hydrogen) atoms. The highest BCUT2D eigenvalue weighted by molar-refractivity contribution is 4.81. The smallest absolute Gasteiger partial charge is 0.00369 e. The minimum absolute atomic E-state index is 0.807. The zero-order valence-corrected chi connectivity index (χ0v) is 15.3. The fourth-order valence-corrected chi connectivity index (χ4v) is 2.67. The minimum atomic E-state index is 0.807. The summed E-state index contributed by atoms with van der Waals surface area (Å²) in [5, 5.41) is 3.45. The van der Waals surface area contributed by atoms with Crippen LogP contribution in [0.4, 0.5) is 0 Å². The molecule has 0 spiro atoms. The molecule has 0 aromatic carbocycles. The van der Waals surface area contributed by atoms with Crippen molar-refractivity contribution in [3.63, 3.8) is 0 Å². The lowest BCUT2D eigenvalue weighted by Crippen LogP contribution is -2.19. The van der Waals surface area contributed by atoms with Gasteiger partial charge in [0, 0.05) is 0 Å². The van der Waals surface area contributed by atoms with Crippen molar-refractivity contribution < 1.29 is 0 Å². The fraction of sp³-hybridized carbons (Fsp3) is 0.900. The molecular weight excluding hydrogens is 268 g/mol. The van der Waals surface area contributed by atoms with Crippen LogP contribution in [-0.4, -0.2) is 19.6 Å². The lowest BCUT2D eigenvalue weighted by Gasteiger charge is -2.03. The SMILES string of the molecule is CCCCCC/C=C\CCCCCCCCCNCCCN. The first-order chi connectivity index (χ1) is 10.9. The largest absolute Gasteiger partial charge is 0.330 e. The van der Waals surface area contributed by atoms with Gasteiger partial charge in [0.15, 0.2) is 0 Å². The predicted octanol–water partition coefficient (Wildman–Crippen LogP) is 5.57. The van der Waals surface area contributed by atoms with Gasteiger partial charge in [-0.25, -0.2) is 0 Å². The maximum atomic E-state index is 5.46. The van der Waals surface area contributed by atoms with Crippen molar-refractivity contribution in [2.75, 3.05) is 19.6 Å². The molecule has 0 aliphatic carbocycles. The number of nitrogens with two attached hydrogens (primary N) is 1. The first kappa shape index (κ1) is 21.7. The molecule has 0 saturated carbocycles. The van der Waals surface area contributed by atoms with Gasteiger partial charge in [0.05, 0.1) is 0 Å². The minimum Gasteiger partial charge on any atom is -0.330 e. The Labute approximate surface area is 140 Å². The van der Waals surface area contributed by atoms with E-state index in [1.807, 2.05) is 0 Å². The molecular formula is C20H42N2. The average Bonchev–Trinajstić information content (AvgIpc) is 2.54. The third-order valence-corrected chi connectivity index (χ3v) is 4.17. The Morgan fingerprint density at radius 2 is 1.14 bits per heavy atom. The van der Waals surface area contributed by atoms with Gasteiger partial charge in [0.2, 0.25) is 0 Å². The van der Waals surface area contributed by atoms with E-state index in [2.05, 4.69) is 24.4 Å². The van der Waals surface area contributed by atoms with Gasteiger partial charge in [-0.3, -0.25) is 0 Å². The average molecular weight is 311 g/mol. The second-order valence-corrected chi connectivity index (χ2v) is 6.48. The molecule has 0 unspecified atom stereocenters. The summed E-state index contributed by atoms with van der Waals surface area (Å²) in [7, 11) is 0. The lowest BCUT2D eigenvalue weighted by molar-refractivity contribution is 0.554. The van der Waals surface area contributed by atoms with Crippen LogP contribution in [0.3, 0.4) is 0 Å². The van der Waals surface area contributed by atoms with E-state index in [0.29, 0.717) is 0 Å². The van der Waals surface area contributed by atoms with E-state index in [1.165, 1.54) is 90.0 Å². The monoisotopic (exact) mass is 310 g/mol. The summed E-state index contributed by atoms with van der Waals surface area (Å²) >= 11 is 0. The third kappa shape index (κ3) is 19.7. The van der Waals surface area contributed by atoms with E-state index in [9.17, 15) is 0 Å². The molecule has 0 aliphatic heterocycles. The van der Waals surface area contributed by atoms with E-state index in [4.69, 9.17) is 5.73 Å². The molecule has 0 amide bonds. The van der Waals surface area contributed by atoms with Crippen molar-refractivity contribution in [3.05, 3.63) is 12.2 Å². The quantitative estimate of drug-likeness (QED) is 0.256. The van der Waals surface area contributed by atoms with Crippen LogP contribution in [0.1, 0.15) is 96.8 Å². The zero-order valence-electron chi connectivity index (χ0n) is 15.3. The van der Waals surface area contributed by atoms with Gasteiger partial charge in [-0.2, -0.15) is 0 Å². The van der Waals surface area contributed by atoms with E-state index < -0.39 is 0 Å². The van der Waals surface area contributed by atoms with E-state index in [-0.39, 0.29) is 0 Å². The van der Waals surface area contributed by atoms with Crippen LogP contribution in [0.5, 0.6) is 0 Å². The van der Waals surface area contributed by atoms with Crippen molar-refractivity contribution >= 4 is 0 Å². The second kappa shape index (κ2) is 20.7. The summed E-state index contributed by atoms with van der Waals surface area (Å²) in [6.45, 7) is 5.34. The Morgan fingerprint density at radius 1 is 0.636 bits per heavy atom. The lowest BCUT2D eigenvalue weighted by atomic mass is 10.1. The highest BCUT2D eigenvalue weighted by Gasteiger charge is 1.92. The van der Waals surface area contributed by atoms with Gasteiger partial charge in [-0.15, -0.1) is 0 Å². The molecule has 2 nitrogen and oxygen atoms in total. The summed E-state index contributed by atoms with van der Waals surface area (Å²) in [5.74, 6) is 0. The first-order valence-corrected chi connectivity index (χ1v) is 9.97. The molecule has 3 N–H and O–H groups in total. The molecule has 0 radical (unpaired) electrons. The van der Waals surface area contributed by atoms with Crippen LogP contribution in [-0.2, 0) is 0 Å². The zero-order chi connectivity index (χ0) is 16.1. The number of nitrogens with one attached hydrogen (secondary N) is 1. The molecule has 0 aromatic heterocycles. The molecule has 132 valence electrons. The van der Waals surface area contributed by atoms with Crippen LogP contribution in [0.25, 0.3) is 0 Å². The van der Waals surface area contributed by atoms with Gasteiger partial charge in [0.25, 0.3) is 0 Å². The van der Waals surface area contributed by atoms with Crippen LogP contribution in [0.2, 0.25) is 0 Å². The van der Waals surface area contributed by atoms with Crippen molar-refractivity contribution in [1.82, 2.24) is 5.32 Å². The van der Waals surface area contributed by atoms with Gasteiger partial charge in [-0.1, -0.05) is 70.4 Å². The predicted molar refractivity (Wildman–Crippen MR) is 101 cm³/mol. The Bertz CT molecular complexity index is 214. The Hall–Kier alpha value is -0.340. The highest BCUT2D eigenvalue weighted by atomic mass is 14.8. The molecule has 0 aromatic rings. The standard InChI is InChI=1S/C20H42N2/c1-2-3-4-5-6-7-8-9-10-11-12-13-14-15-16-19-22-20-17-18-21/h7-8,22H,2-6,9-21H2,1H3/b8-7-. The van der Waals surface area contributed by atoms with Crippen molar-refractivity contribution in [2.24, 2.45) is 5.73 Å². The third-order valence-electron chi connectivity index (χ3n) is 4.17. The van der Waals surface area contributed by atoms with E-state index in [1.54, 1.807) is 0 Å². The number of rotatable bonds is 18. The Morgan fingerprint density at radius 3 is 1.73 bits per heavy atom. The number of hydrogen-bond donors (Lipinski definition) is 2. The molecule has 0 rings (SSSR count). The first-order valence-electron chi connectivity index (χ1n) is 9.97. The summed E-state index contributed by atoms with van der Waals surface area (Å²) in [6.07, 6.45) is 23.8. The summed E-state index contributed by atoms with van der Waals surface area (Å²) < 4.78 is 0. The maximum absolute atomic E-state index is 5.46. The van der Waals surface area contributed by atoms with Crippen LogP contribution >= 0.6 is 0 Å². The van der Waals surface area contributed by atoms with E-state index in [0.717, 1.165) is 19.5 Å². The number of hydrogen-bond acceptors (Lipinski definition) is 2. The van der Waals surface area contributed by atoms with Gasteiger partial charge >= 0.3 is 0 Å². The molecule has 0 bridgehead atoms. The van der Waals surface area contributed by atoms with Crippen molar-refractivity contribution in [2.45, 2.75) is 96.8 Å². The second-order valence-electron chi connectivity index (χ2n) is 6.48. The van der Waals surface area contributed by atoms with Gasteiger partial charge < -0.3 is 11.1 Å². The highest BCUT2D eigenvalue weighted by Crippen LogP contribution is 2.09.